The zero-order chi connectivity index (χ0) is 13.8. The van der Waals surface area contributed by atoms with Crippen LogP contribution in [0.3, 0.4) is 0 Å². The first-order chi connectivity index (χ1) is 9.06. The normalized spacial score (nSPS) is 14.6. The van der Waals surface area contributed by atoms with Gasteiger partial charge in [0.25, 0.3) is 0 Å². The second-order valence-corrected chi connectivity index (χ2v) is 5.38. The fraction of sp³-hybridized carbons (Fsp3) is 0.286. The number of nitrogens with one attached hydrogen (secondary N) is 1. The molecule has 0 bridgehead atoms. The highest BCUT2D eigenvalue weighted by Crippen LogP contribution is 2.17. The van der Waals surface area contributed by atoms with Gasteiger partial charge in [-0.05, 0) is 36.4 Å². The van der Waals surface area contributed by atoms with Gasteiger partial charge in [-0.15, -0.1) is 11.8 Å². The Hall–Kier alpha value is -1.75. The molecule has 0 aromatic heterocycles. The highest BCUT2D eigenvalue weighted by Gasteiger charge is 2.17. The van der Waals surface area contributed by atoms with E-state index in [4.69, 9.17) is 0 Å². The van der Waals surface area contributed by atoms with Gasteiger partial charge in [-0.1, -0.05) is 12.1 Å². The van der Waals surface area contributed by atoms with E-state index in [0.717, 1.165) is 16.8 Å². The molecule has 0 spiro atoms. The molecule has 1 heterocycles. The zero-order valence-electron chi connectivity index (χ0n) is 11.0. The number of hydrogen-bond acceptors (Lipinski definition) is 3. The summed E-state index contributed by atoms with van der Waals surface area (Å²) >= 11 is 1.44. The molecule has 0 radical (unpaired) electrons. The first kappa shape index (κ1) is 13.7. The van der Waals surface area contributed by atoms with Crippen molar-refractivity contribution in [3.8, 4) is 0 Å². The van der Waals surface area contributed by atoms with E-state index in [1.165, 1.54) is 16.7 Å². The Morgan fingerprint density at radius 2 is 2.21 bits per heavy atom. The average molecular weight is 276 g/mol. The molecule has 1 aromatic carbocycles. The summed E-state index contributed by atoms with van der Waals surface area (Å²) in [5, 5.41) is 4.67. The van der Waals surface area contributed by atoms with E-state index in [1.54, 1.807) is 6.20 Å². The number of aryl methyl sites for hydroxylation is 2. The van der Waals surface area contributed by atoms with Crippen LogP contribution >= 0.6 is 11.8 Å². The minimum atomic E-state index is -0.182. The van der Waals surface area contributed by atoms with Crippen molar-refractivity contribution in [1.82, 2.24) is 4.90 Å². The maximum Gasteiger partial charge on any atom is 0.244 e. The molecule has 0 aliphatic carbocycles. The molecule has 2 rings (SSSR count). The molecule has 100 valence electrons. The molecule has 0 atom stereocenters. The SMILES string of the molecule is Cc1ccc(C)c(NC(=O)CN2C=CSCC2=O)c1. The number of anilines is 1. The molecule has 0 saturated carbocycles. The van der Waals surface area contributed by atoms with Crippen LogP contribution in [0, 0.1) is 13.8 Å². The largest absolute Gasteiger partial charge is 0.324 e. The van der Waals surface area contributed by atoms with Gasteiger partial charge in [-0.3, -0.25) is 9.59 Å². The summed E-state index contributed by atoms with van der Waals surface area (Å²) in [7, 11) is 0. The predicted molar refractivity (Wildman–Crippen MR) is 77.9 cm³/mol. The molecule has 4 nitrogen and oxygen atoms in total. The van der Waals surface area contributed by atoms with Crippen LogP contribution in [0.25, 0.3) is 0 Å². The summed E-state index contributed by atoms with van der Waals surface area (Å²) in [5.74, 6) is 0.176. The van der Waals surface area contributed by atoms with Crippen molar-refractivity contribution in [3.05, 3.63) is 40.9 Å². The molecule has 0 unspecified atom stereocenters. The lowest BCUT2D eigenvalue weighted by Gasteiger charge is -2.20. The highest BCUT2D eigenvalue weighted by molar-refractivity contribution is 8.02. The number of carbonyl (C=O) groups is 2. The first-order valence-corrected chi connectivity index (χ1v) is 7.06. The van der Waals surface area contributed by atoms with E-state index >= 15 is 0 Å². The molecule has 2 amide bonds. The number of rotatable bonds is 3. The standard InChI is InChI=1S/C14H16N2O2S/c1-10-3-4-11(2)12(7-10)15-13(17)8-16-5-6-19-9-14(16)18/h3-7H,8-9H2,1-2H3,(H,15,17). The summed E-state index contributed by atoms with van der Waals surface area (Å²) in [5.41, 5.74) is 2.90. The fourth-order valence-corrected chi connectivity index (χ4v) is 2.40. The van der Waals surface area contributed by atoms with Gasteiger partial charge in [0.05, 0.1) is 5.75 Å². The Morgan fingerprint density at radius 1 is 1.42 bits per heavy atom. The monoisotopic (exact) mass is 276 g/mol. The van der Waals surface area contributed by atoms with Crippen LogP contribution in [-0.2, 0) is 9.59 Å². The smallest absolute Gasteiger partial charge is 0.244 e. The molecule has 1 N–H and O–H groups in total. The van der Waals surface area contributed by atoms with E-state index in [0.29, 0.717) is 5.75 Å². The molecular weight excluding hydrogens is 260 g/mol. The van der Waals surface area contributed by atoms with Crippen molar-refractivity contribution in [1.29, 1.82) is 0 Å². The van der Waals surface area contributed by atoms with E-state index in [9.17, 15) is 9.59 Å². The van der Waals surface area contributed by atoms with Gasteiger partial charge in [0, 0.05) is 11.9 Å². The van der Waals surface area contributed by atoms with Crippen molar-refractivity contribution in [3.63, 3.8) is 0 Å². The number of nitrogens with zero attached hydrogens (tertiary/aromatic N) is 1. The second-order valence-electron chi connectivity index (χ2n) is 4.48. The van der Waals surface area contributed by atoms with Crippen LogP contribution in [0.5, 0.6) is 0 Å². The van der Waals surface area contributed by atoms with Gasteiger partial charge < -0.3 is 10.2 Å². The van der Waals surface area contributed by atoms with Crippen molar-refractivity contribution in [2.24, 2.45) is 0 Å². The van der Waals surface area contributed by atoms with E-state index in [1.807, 2.05) is 37.5 Å². The zero-order valence-corrected chi connectivity index (χ0v) is 11.8. The number of thioether (sulfide) groups is 1. The minimum absolute atomic E-state index is 0.0383. The Kier molecular flexibility index (Phi) is 4.27. The molecule has 5 heteroatoms. The van der Waals surface area contributed by atoms with Crippen LogP contribution in [0.1, 0.15) is 11.1 Å². The van der Waals surface area contributed by atoms with Crippen LogP contribution in [-0.4, -0.2) is 29.0 Å². The summed E-state index contributed by atoms with van der Waals surface area (Å²) in [6.45, 7) is 3.98. The topological polar surface area (TPSA) is 49.4 Å². The molecule has 1 aromatic rings. The number of hydrogen-bond donors (Lipinski definition) is 1. The van der Waals surface area contributed by atoms with Crippen molar-refractivity contribution >= 4 is 29.3 Å². The molecule has 0 saturated heterocycles. The van der Waals surface area contributed by atoms with Crippen LogP contribution in [0.2, 0.25) is 0 Å². The minimum Gasteiger partial charge on any atom is -0.324 e. The highest BCUT2D eigenvalue weighted by atomic mass is 32.2. The van der Waals surface area contributed by atoms with Crippen LogP contribution in [0.4, 0.5) is 5.69 Å². The maximum absolute atomic E-state index is 11.9. The Balaban J connectivity index is 2.01. The van der Waals surface area contributed by atoms with Crippen molar-refractivity contribution < 1.29 is 9.59 Å². The number of amides is 2. The predicted octanol–water partition coefficient (Wildman–Crippen LogP) is 2.29. The third-order valence-corrected chi connectivity index (χ3v) is 3.57. The second kappa shape index (κ2) is 5.93. The molecule has 1 aliphatic rings. The van der Waals surface area contributed by atoms with Gasteiger partial charge in [-0.2, -0.15) is 0 Å². The van der Waals surface area contributed by atoms with Crippen LogP contribution < -0.4 is 5.32 Å². The maximum atomic E-state index is 11.9. The first-order valence-electron chi connectivity index (χ1n) is 6.01. The molecule has 19 heavy (non-hydrogen) atoms. The van der Waals surface area contributed by atoms with Gasteiger partial charge in [0.15, 0.2) is 0 Å². The lowest BCUT2D eigenvalue weighted by atomic mass is 10.1. The fourth-order valence-electron chi connectivity index (χ4n) is 1.76. The van der Waals surface area contributed by atoms with Crippen molar-refractivity contribution in [2.45, 2.75) is 13.8 Å². The summed E-state index contributed by atoms with van der Waals surface area (Å²) < 4.78 is 0. The van der Waals surface area contributed by atoms with Crippen molar-refractivity contribution in [2.75, 3.05) is 17.6 Å². The lowest BCUT2D eigenvalue weighted by Crippen LogP contribution is -2.36. The van der Waals surface area contributed by atoms with Gasteiger partial charge in [0.1, 0.15) is 6.54 Å². The Morgan fingerprint density at radius 3 is 2.95 bits per heavy atom. The van der Waals surface area contributed by atoms with Gasteiger partial charge in [0.2, 0.25) is 11.8 Å². The quantitative estimate of drug-likeness (QED) is 0.921. The summed E-state index contributed by atoms with van der Waals surface area (Å²) in [6.07, 6.45) is 1.65. The summed E-state index contributed by atoms with van der Waals surface area (Å²) in [4.78, 5) is 25.0. The molecular formula is C14H16N2O2S. The van der Waals surface area contributed by atoms with Gasteiger partial charge in [-0.25, -0.2) is 0 Å². The molecule has 0 fully saturated rings. The van der Waals surface area contributed by atoms with E-state index < -0.39 is 0 Å². The molecule has 1 aliphatic heterocycles. The lowest BCUT2D eigenvalue weighted by molar-refractivity contribution is -0.129. The van der Waals surface area contributed by atoms with E-state index in [-0.39, 0.29) is 18.4 Å². The Labute approximate surface area is 116 Å². The Bertz CT molecular complexity index is 540. The number of carbonyl (C=O) groups excluding carboxylic acids is 2. The number of benzene rings is 1. The van der Waals surface area contributed by atoms with Crippen LogP contribution in [0.15, 0.2) is 29.8 Å². The van der Waals surface area contributed by atoms with E-state index in [2.05, 4.69) is 5.32 Å². The average Bonchev–Trinajstić information content (AvgIpc) is 2.37. The third-order valence-electron chi connectivity index (χ3n) is 2.85. The third kappa shape index (κ3) is 3.61. The van der Waals surface area contributed by atoms with Gasteiger partial charge >= 0.3 is 0 Å². The summed E-state index contributed by atoms with van der Waals surface area (Å²) in [6, 6.07) is 5.89.